The third-order valence-corrected chi connectivity index (χ3v) is 5.50. The lowest BCUT2D eigenvalue weighted by Crippen LogP contribution is -2.30. The molecule has 4 rings (SSSR count). The minimum absolute atomic E-state index is 0.0641. The van der Waals surface area contributed by atoms with Gasteiger partial charge in [0.1, 0.15) is 11.6 Å². The smallest absolute Gasteiger partial charge is 0.224 e. The SMILES string of the molecule is COc1ccccc1Cn1c(C(C)NC(=O)Cc2ccc(Cl)cc2)nc2ccccc21. The highest BCUT2D eigenvalue weighted by molar-refractivity contribution is 6.30. The van der Waals surface area contributed by atoms with Gasteiger partial charge in [0.15, 0.2) is 0 Å². The molecule has 0 saturated heterocycles. The van der Waals surface area contributed by atoms with E-state index in [4.69, 9.17) is 21.3 Å². The zero-order valence-electron chi connectivity index (χ0n) is 17.5. The van der Waals surface area contributed by atoms with Gasteiger partial charge >= 0.3 is 0 Å². The van der Waals surface area contributed by atoms with Crippen molar-refractivity contribution in [3.05, 3.63) is 94.8 Å². The van der Waals surface area contributed by atoms with Crippen LogP contribution < -0.4 is 10.1 Å². The maximum absolute atomic E-state index is 12.7. The summed E-state index contributed by atoms with van der Waals surface area (Å²) >= 11 is 5.94. The van der Waals surface area contributed by atoms with Crippen LogP contribution in [0.4, 0.5) is 0 Å². The number of hydrogen-bond acceptors (Lipinski definition) is 3. The molecule has 1 unspecified atom stereocenters. The van der Waals surface area contributed by atoms with Gasteiger partial charge in [-0.25, -0.2) is 4.98 Å². The summed E-state index contributed by atoms with van der Waals surface area (Å²) in [6, 6.07) is 23.0. The van der Waals surface area contributed by atoms with Crippen molar-refractivity contribution in [2.24, 2.45) is 0 Å². The first-order valence-corrected chi connectivity index (χ1v) is 10.5. The molecule has 1 heterocycles. The maximum Gasteiger partial charge on any atom is 0.224 e. The summed E-state index contributed by atoms with van der Waals surface area (Å²) in [6.45, 7) is 2.55. The van der Waals surface area contributed by atoms with E-state index in [9.17, 15) is 4.79 Å². The molecule has 0 saturated carbocycles. The lowest BCUT2D eigenvalue weighted by Gasteiger charge is -2.17. The molecule has 0 spiro atoms. The van der Waals surface area contributed by atoms with Crippen molar-refractivity contribution in [2.75, 3.05) is 7.11 Å². The maximum atomic E-state index is 12.7. The molecule has 4 aromatic rings. The van der Waals surface area contributed by atoms with Crippen molar-refractivity contribution in [3.63, 3.8) is 0 Å². The highest BCUT2D eigenvalue weighted by Gasteiger charge is 2.19. The number of ether oxygens (including phenoxy) is 1. The van der Waals surface area contributed by atoms with Crippen LogP contribution in [0.3, 0.4) is 0 Å². The molecule has 1 amide bonds. The number of methoxy groups -OCH3 is 1. The average Bonchev–Trinajstić information content (AvgIpc) is 3.14. The summed E-state index contributed by atoms with van der Waals surface area (Å²) < 4.78 is 7.67. The third kappa shape index (κ3) is 4.72. The second-order valence-electron chi connectivity index (χ2n) is 7.45. The predicted molar refractivity (Wildman–Crippen MR) is 124 cm³/mol. The third-order valence-electron chi connectivity index (χ3n) is 5.25. The van der Waals surface area contributed by atoms with Crippen LogP contribution in [-0.2, 0) is 17.8 Å². The number of halogens is 1. The van der Waals surface area contributed by atoms with E-state index in [1.165, 1.54) is 0 Å². The van der Waals surface area contributed by atoms with Crippen LogP contribution >= 0.6 is 11.6 Å². The van der Waals surface area contributed by atoms with Gasteiger partial charge in [-0.3, -0.25) is 4.79 Å². The minimum atomic E-state index is -0.262. The zero-order chi connectivity index (χ0) is 21.8. The number of nitrogens with zero attached hydrogens (tertiary/aromatic N) is 2. The fourth-order valence-electron chi connectivity index (χ4n) is 3.74. The van der Waals surface area contributed by atoms with E-state index >= 15 is 0 Å². The highest BCUT2D eigenvalue weighted by atomic mass is 35.5. The Labute approximate surface area is 186 Å². The van der Waals surface area contributed by atoms with Gasteiger partial charge in [0.05, 0.1) is 37.2 Å². The van der Waals surface area contributed by atoms with Crippen molar-refractivity contribution >= 4 is 28.5 Å². The molecule has 0 radical (unpaired) electrons. The number of fused-ring (bicyclic) bond motifs is 1. The van der Waals surface area contributed by atoms with Gasteiger partial charge in [-0.05, 0) is 42.8 Å². The van der Waals surface area contributed by atoms with Crippen LogP contribution in [0, 0.1) is 0 Å². The first kappa shape index (κ1) is 20.9. The summed E-state index contributed by atoms with van der Waals surface area (Å²) in [5.41, 5.74) is 3.87. The first-order valence-electron chi connectivity index (χ1n) is 10.2. The summed E-state index contributed by atoms with van der Waals surface area (Å²) in [6.07, 6.45) is 0.286. The molecule has 0 fully saturated rings. The molecule has 31 heavy (non-hydrogen) atoms. The normalized spacial score (nSPS) is 12.0. The van der Waals surface area contributed by atoms with Crippen LogP contribution in [0.5, 0.6) is 5.75 Å². The van der Waals surface area contributed by atoms with Gasteiger partial charge < -0.3 is 14.6 Å². The van der Waals surface area contributed by atoms with Gasteiger partial charge in [-0.2, -0.15) is 0 Å². The van der Waals surface area contributed by atoms with E-state index in [1.54, 1.807) is 19.2 Å². The Morgan fingerprint density at radius 2 is 1.77 bits per heavy atom. The molecule has 0 aliphatic carbocycles. The van der Waals surface area contributed by atoms with Gasteiger partial charge in [-0.15, -0.1) is 0 Å². The molecule has 1 atom stereocenters. The van der Waals surface area contributed by atoms with Crippen molar-refractivity contribution in [3.8, 4) is 5.75 Å². The number of para-hydroxylation sites is 3. The van der Waals surface area contributed by atoms with Gasteiger partial charge in [0, 0.05) is 10.6 Å². The number of rotatable bonds is 7. The largest absolute Gasteiger partial charge is 0.496 e. The molecule has 5 nitrogen and oxygen atoms in total. The number of carbonyl (C=O) groups is 1. The Morgan fingerprint density at radius 1 is 1.06 bits per heavy atom. The van der Waals surface area contributed by atoms with E-state index in [0.717, 1.165) is 33.7 Å². The van der Waals surface area contributed by atoms with E-state index in [1.807, 2.05) is 67.6 Å². The topological polar surface area (TPSA) is 56.1 Å². The summed E-state index contributed by atoms with van der Waals surface area (Å²) in [4.78, 5) is 17.5. The average molecular weight is 434 g/mol. The Hall–Kier alpha value is -3.31. The van der Waals surface area contributed by atoms with Crippen LogP contribution in [0.25, 0.3) is 11.0 Å². The molecular formula is C25H24ClN3O2. The second kappa shape index (κ2) is 9.23. The number of aromatic nitrogens is 2. The predicted octanol–water partition coefficient (Wildman–Crippen LogP) is 5.17. The molecule has 0 aliphatic rings. The van der Waals surface area contributed by atoms with Crippen LogP contribution in [0.15, 0.2) is 72.8 Å². The second-order valence-corrected chi connectivity index (χ2v) is 7.89. The zero-order valence-corrected chi connectivity index (χ0v) is 18.3. The highest BCUT2D eigenvalue weighted by Crippen LogP contribution is 2.25. The Morgan fingerprint density at radius 3 is 2.55 bits per heavy atom. The standard InChI is InChI=1S/C25H24ClN3O2/c1-17(27-24(30)15-18-11-13-20(26)14-12-18)25-28-21-8-4-5-9-22(21)29(25)16-19-7-3-6-10-23(19)31-2/h3-14,17H,15-16H2,1-2H3,(H,27,30). The molecular weight excluding hydrogens is 410 g/mol. The lowest BCUT2D eigenvalue weighted by molar-refractivity contribution is -0.121. The minimum Gasteiger partial charge on any atom is -0.496 e. The molecule has 158 valence electrons. The molecule has 0 bridgehead atoms. The summed E-state index contributed by atoms with van der Waals surface area (Å²) in [5, 5.41) is 3.74. The Balaban J connectivity index is 1.61. The Kier molecular flexibility index (Phi) is 6.23. The summed E-state index contributed by atoms with van der Waals surface area (Å²) in [7, 11) is 1.67. The van der Waals surface area contributed by atoms with E-state index < -0.39 is 0 Å². The first-order chi connectivity index (χ1) is 15.0. The van der Waals surface area contributed by atoms with E-state index in [2.05, 4.69) is 9.88 Å². The quantitative estimate of drug-likeness (QED) is 0.437. The van der Waals surface area contributed by atoms with Crippen molar-refractivity contribution < 1.29 is 9.53 Å². The number of nitrogens with one attached hydrogen (secondary N) is 1. The number of amides is 1. The van der Waals surface area contributed by atoms with Gasteiger partial charge in [-0.1, -0.05) is 54.1 Å². The molecule has 0 aliphatic heterocycles. The number of hydrogen-bond donors (Lipinski definition) is 1. The van der Waals surface area contributed by atoms with Crippen LogP contribution in [0.1, 0.15) is 29.9 Å². The van der Waals surface area contributed by atoms with Crippen LogP contribution in [0.2, 0.25) is 5.02 Å². The molecule has 6 heteroatoms. The Bertz CT molecular complexity index is 1200. The summed E-state index contributed by atoms with van der Waals surface area (Å²) in [5.74, 6) is 1.56. The van der Waals surface area contributed by atoms with E-state index in [-0.39, 0.29) is 18.4 Å². The number of imidazole rings is 1. The van der Waals surface area contributed by atoms with Gasteiger partial charge in [0.2, 0.25) is 5.91 Å². The monoisotopic (exact) mass is 433 g/mol. The lowest BCUT2D eigenvalue weighted by atomic mass is 10.1. The van der Waals surface area contributed by atoms with Crippen molar-refractivity contribution in [1.29, 1.82) is 0 Å². The number of carbonyl (C=O) groups excluding carboxylic acids is 1. The van der Waals surface area contributed by atoms with E-state index in [0.29, 0.717) is 11.6 Å². The van der Waals surface area contributed by atoms with Crippen molar-refractivity contribution in [1.82, 2.24) is 14.9 Å². The fourth-order valence-corrected chi connectivity index (χ4v) is 3.87. The molecule has 3 aromatic carbocycles. The molecule has 1 N–H and O–H groups in total. The van der Waals surface area contributed by atoms with Crippen LogP contribution in [-0.4, -0.2) is 22.6 Å². The van der Waals surface area contributed by atoms with Crippen molar-refractivity contribution in [2.45, 2.75) is 25.9 Å². The molecule has 1 aromatic heterocycles. The van der Waals surface area contributed by atoms with Gasteiger partial charge in [0.25, 0.3) is 0 Å². The fraction of sp³-hybridized carbons (Fsp3) is 0.200. The number of benzene rings is 3.